The summed E-state index contributed by atoms with van der Waals surface area (Å²) < 4.78 is 0. The second-order valence-electron chi connectivity index (χ2n) is 10.1. The van der Waals surface area contributed by atoms with Gasteiger partial charge in [0.1, 0.15) is 6.54 Å². The molecule has 1 aromatic heterocycles. The lowest BCUT2D eigenvalue weighted by Crippen LogP contribution is -2.29. The maximum Gasteiger partial charge on any atom is 0.322 e. The Hall–Kier alpha value is -2.18. The zero-order valence-electron chi connectivity index (χ0n) is 21.0. The average Bonchev–Trinajstić information content (AvgIpc) is 3.13. The van der Waals surface area contributed by atoms with Gasteiger partial charge in [0.15, 0.2) is 0 Å². The number of benzene rings is 1. The fourth-order valence-electron chi connectivity index (χ4n) is 4.33. The third-order valence-electron chi connectivity index (χ3n) is 6.78. The van der Waals surface area contributed by atoms with Gasteiger partial charge < -0.3 is 15.5 Å². The molecule has 0 saturated heterocycles. The highest BCUT2D eigenvalue weighted by molar-refractivity contribution is 7.14. The van der Waals surface area contributed by atoms with Crippen LogP contribution in [-0.4, -0.2) is 34.7 Å². The molecule has 0 spiro atoms. The number of carbonyl (C=O) groups excluding carboxylic acids is 1. The zero-order valence-corrected chi connectivity index (χ0v) is 21.9. The Bertz CT molecular complexity index is 982. The number of thiophene rings is 1. The van der Waals surface area contributed by atoms with Crippen molar-refractivity contribution in [2.45, 2.75) is 85.7 Å². The molecule has 0 bridgehead atoms. The van der Waals surface area contributed by atoms with Gasteiger partial charge in [0.2, 0.25) is 0 Å². The minimum atomic E-state index is -1.06. The van der Waals surface area contributed by atoms with Crippen molar-refractivity contribution >= 4 is 23.2 Å². The van der Waals surface area contributed by atoms with Gasteiger partial charge >= 0.3 is 5.97 Å². The number of carboxylic acid groups (broad SMARTS) is 1. The topological polar surface area (TPSA) is 86.6 Å². The van der Waals surface area contributed by atoms with Crippen molar-refractivity contribution in [3.63, 3.8) is 0 Å². The van der Waals surface area contributed by atoms with Crippen molar-refractivity contribution in [2.24, 2.45) is 5.41 Å². The van der Waals surface area contributed by atoms with E-state index in [9.17, 15) is 14.7 Å². The van der Waals surface area contributed by atoms with Gasteiger partial charge in [-0.05, 0) is 73.3 Å². The number of aliphatic hydroxyl groups excluding tert-OH is 1. The molecule has 1 unspecified atom stereocenters. The number of rotatable bonds is 10. The first-order valence-electron chi connectivity index (χ1n) is 11.7. The molecular weight excluding hydrogens is 434 g/mol. The molecule has 182 valence electrons. The van der Waals surface area contributed by atoms with Crippen LogP contribution in [0.1, 0.15) is 90.7 Å². The number of nitrogens with one attached hydrogen (secondary N) is 1. The molecule has 33 heavy (non-hydrogen) atoms. The van der Waals surface area contributed by atoms with Crippen LogP contribution < -0.4 is 5.32 Å². The van der Waals surface area contributed by atoms with Crippen molar-refractivity contribution in [3.05, 3.63) is 56.3 Å². The number of carboxylic acids is 1. The molecule has 6 heteroatoms. The minimum Gasteiger partial charge on any atom is -0.480 e. The highest BCUT2D eigenvalue weighted by Crippen LogP contribution is 2.44. The Morgan fingerprint density at radius 1 is 1.06 bits per heavy atom. The molecule has 0 aliphatic rings. The lowest BCUT2D eigenvalue weighted by atomic mass is 9.73. The SMILES string of the molecule is CCC(CC)(c1ccc(CCC(O)C(C)(C)C)c(C)c1)c1cc(C)c(C(=O)NCC(=O)O)s1. The zero-order chi connectivity index (χ0) is 25.0. The summed E-state index contributed by atoms with van der Waals surface area (Å²) in [5.74, 6) is -1.39. The summed E-state index contributed by atoms with van der Waals surface area (Å²) in [4.78, 5) is 25.1. The monoisotopic (exact) mass is 473 g/mol. The molecule has 1 heterocycles. The predicted octanol–water partition coefficient (Wildman–Crippen LogP) is 5.63. The van der Waals surface area contributed by atoms with Crippen LogP contribution in [0.4, 0.5) is 0 Å². The van der Waals surface area contributed by atoms with Crippen molar-refractivity contribution < 1.29 is 19.8 Å². The third-order valence-corrected chi connectivity index (χ3v) is 8.22. The lowest BCUT2D eigenvalue weighted by molar-refractivity contribution is -0.135. The summed E-state index contributed by atoms with van der Waals surface area (Å²) >= 11 is 1.46. The van der Waals surface area contributed by atoms with Crippen LogP contribution in [-0.2, 0) is 16.6 Å². The number of amides is 1. The van der Waals surface area contributed by atoms with Gasteiger partial charge in [-0.25, -0.2) is 0 Å². The Balaban J connectivity index is 2.36. The average molecular weight is 474 g/mol. The van der Waals surface area contributed by atoms with Crippen LogP contribution in [0.5, 0.6) is 0 Å². The van der Waals surface area contributed by atoms with E-state index >= 15 is 0 Å². The van der Waals surface area contributed by atoms with E-state index in [1.165, 1.54) is 28.0 Å². The fraction of sp³-hybridized carbons (Fsp3) is 0.556. The number of carbonyl (C=O) groups is 2. The lowest BCUT2D eigenvalue weighted by Gasteiger charge is -2.32. The van der Waals surface area contributed by atoms with E-state index in [1.54, 1.807) is 0 Å². The smallest absolute Gasteiger partial charge is 0.322 e. The molecule has 0 aliphatic carbocycles. The standard InChI is InChI=1S/C27H39NO4S/c1-8-27(9-2,22-15-18(4)24(33-22)25(32)28-16-23(30)31)20-12-10-19(17(3)14-20)11-13-21(29)26(5,6)7/h10,12,14-15,21,29H,8-9,11,13,16H2,1-7H3,(H,28,32)(H,30,31). The van der Waals surface area contributed by atoms with Crippen molar-refractivity contribution in [1.29, 1.82) is 0 Å². The Morgan fingerprint density at radius 2 is 1.70 bits per heavy atom. The maximum atomic E-state index is 12.5. The van der Waals surface area contributed by atoms with Crippen molar-refractivity contribution in [1.82, 2.24) is 5.32 Å². The Morgan fingerprint density at radius 3 is 2.21 bits per heavy atom. The Labute approximate surface area is 202 Å². The first-order chi connectivity index (χ1) is 15.4. The van der Waals surface area contributed by atoms with Crippen LogP contribution >= 0.6 is 11.3 Å². The fourth-order valence-corrected chi connectivity index (χ4v) is 5.77. The quantitative estimate of drug-likeness (QED) is 0.418. The number of hydrogen-bond acceptors (Lipinski definition) is 4. The Kier molecular flexibility index (Phi) is 8.88. The molecule has 0 aliphatic heterocycles. The van der Waals surface area contributed by atoms with Crippen LogP contribution in [0.25, 0.3) is 0 Å². The van der Waals surface area contributed by atoms with Crippen LogP contribution in [0.3, 0.4) is 0 Å². The highest BCUT2D eigenvalue weighted by Gasteiger charge is 2.34. The molecule has 1 aromatic carbocycles. The molecule has 0 fully saturated rings. The molecule has 0 radical (unpaired) electrons. The molecule has 2 aromatic rings. The van der Waals surface area contributed by atoms with Gasteiger partial charge in [-0.3, -0.25) is 9.59 Å². The summed E-state index contributed by atoms with van der Waals surface area (Å²) in [6, 6.07) is 8.71. The maximum absolute atomic E-state index is 12.5. The van der Waals surface area contributed by atoms with Gasteiger partial charge in [0.05, 0.1) is 11.0 Å². The van der Waals surface area contributed by atoms with Crippen molar-refractivity contribution in [3.8, 4) is 0 Å². The van der Waals surface area contributed by atoms with E-state index in [4.69, 9.17) is 5.11 Å². The van der Waals surface area contributed by atoms with Crippen LogP contribution in [0.2, 0.25) is 0 Å². The predicted molar refractivity (Wildman–Crippen MR) is 135 cm³/mol. The number of aryl methyl sites for hydroxylation is 3. The molecule has 0 saturated carbocycles. The van der Waals surface area contributed by atoms with E-state index in [-0.39, 0.29) is 29.4 Å². The number of hydrogen-bond donors (Lipinski definition) is 3. The molecule has 1 amide bonds. The van der Waals surface area contributed by atoms with E-state index in [0.717, 1.165) is 36.1 Å². The van der Waals surface area contributed by atoms with Gasteiger partial charge in [0, 0.05) is 10.3 Å². The van der Waals surface area contributed by atoms with E-state index in [1.807, 2.05) is 6.92 Å². The molecule has 5 nitrogen and oxygen atoms in total. The first-order valence-corrected chi connectivity index (χ1v) is 12.6. The van der Waals surface area contributed by atoms with Gasteiger partial charge in [0.25, 0.3) is 5.91 Å². The first kappa shape index (κ1) is 27.1. The van der Waals surface area contributed by atoms with E-state index in [0.29, 0.717) is 4.88 Å². The van der Waals surface area contributed by atoms with Crippen molar-refractivity contribution in [2.75, 3.05) is 6.54 Å². The largest absolute Gasteiger partial charge is 0.480 e. The second-order valence-corrected chi connectivity index (χ2v) is 11.1. The van der Waals surface area contributed by atoms with Gasteiger partial charge in [-0.1, -0.05) is 52.8 Å². The molecule has 3 N–H and O–H groups in total. The minimum absolute atomic E-state index is 0.126. The third kappa shape index (κ3) is 6.24. The van der Waals surface area contributed by atoms with E-state index in [2.05, 4.69) is 71.1 Å². The normalized spacial score (nSPS) is 13.1. The van der Waals surface area contributed by atoms with Gasteiger partial charge in [-0.15, -0.1) is 11.3 Å². The van der Waals surface area contributed by atoms with Gasteiger partial charge in [-0.2, -0.15) is 0 Å². The number of aliphatic hydroxyl groups is 1. The molecule has 2 rings (SSSR count). The summed E-state index contributed by atoms with van der Waals surface area (Å²) in [7, 11) is 0. The van der Waals surface area contributed by atoms with Crippen LogP contribution in [0.15, 0.2) is 24.3 Å². The van der Waals surface area contributed by atoms with E-state index < -0.39 is 5.97 Å². The summed E-state index contributed by atoms with van der Waals surface area (Å²) in [5.41, 5.74) is 4.22. The highest BCUT2D eigenvalue weighted by atomic mass is 32.1. The second kappa shape index (κ2) is 10.8. The number of aliphatic carboxylic acids is 1. The summed E-state index contributed by atoms with van der Waals surface area (Å²) in [6.45, 7) is 14.2. The molecular formula is C27H39NO4S. The summed E-state index contributed by atoms with van der Waals surface area (Å²) in [6.07, 6.45) is 3.00. The molecule has 1 atom stereocenters. The van der Waals surface area contributed by atoms with Crippen LogP contribution in [0, 0.1) is 19.3 Å². The summed E-state index contributed by atoms with van der Waals surface area (Å²) in [5, 5.41) is 21.8.